The van der Waals surface area contributed by atoms with E-state index in [0.29, 0.717) is 24.5 Å². The summed E-state index contributed by atoms with van der Waals surface area (Å²) in [5.74, 6) is 1.09. The lowest BCUT2D eigenvalue weighted by atomic mass is 10.1. The Morgan fingerprint density at radius 3 is 3.00 bits per heavy atom. The Labute approximate surface area is 103 Å². The van der Waals surface area contributed by atoms with Crippen LogP contribution in [0.1, 0.15) is 6.42 Å². The van der Waals surface area contributed by atoms with Gasteiger partial charge in [0.2, 0.25) is 5.91 Å². The Bertz CT molecular complexity index is 466. The van der Waals surface area contributed by atoms with Crippen LogP contribution < -0.4 is 4.90 Å². The van der Waals surface area contributed by atoms with Gasteiger partial charge in [0.15, 0.2) is 0 Å². The maximum absolute atomic E-state index is 11.7. The molecule has 2 heterocycles. The van der Waals surface area contributed by atoms with Gasteiger partial charge in [0.25, 0.3) is 5.69 Å². The molecule has 1 aliphatic rings. The molecule has 0 saturated carbocycles. The Kier molecular flexibility index (Phi) is 3.28. The Balaban J connectivity index is 2.25. The van der Waals surface area contributed by atoms with Crippen molar-refractivity contribution in [3.63, 3.8) is 0 Å². The Hall–Kier alpha value is -1.63. The van der Waals surface area contributed by atoms with E-state index in [0.717, 1.165) is 0 Å². The maximum Gasteiger partial charge on any atom is 0.274 e. The molecule has 6 nitrogen and oxygen atoms in total. The third-order valence-electron chi connectivity index (χ3n) is 2.68. The second-order valence-corrected chi connectivity index (χ2v) is 4.25. The molecule has 1 saturated heterocycles. The monoisotopic (exact) mass is 253 g/mol. The van der Waals surface area contributed by atoms with Gasteiger partial charge in [0.1, 0.15) is 5.82 Å². The van der Waals surface area contributed by atoms with Crippen LogP contribution in [0.15, 0.2) is 18.3 Å². The van der Waals surface area contributed by atoms with Gasteiger partial charge >= 0.3 is 0 Å². The first-order chi connectivity index (χ1) is 8.11. The van der Waals surface area contributed by atoms with Gasteiger partial charge in [0, 0.05) is 25.2 Å². The molecule has 90 valence electrons. The summed E-state index contributed by atoms with van der Waals surface area (Å²) in [6.07, 6.45) is 1.77. The lowest BCUT2D eigenvalue weighted by Crippen LogP contribution is -2.25. The highest BCUT2D eigenvalue weighted by molar-refractivity contribution is 7.80. The van der Waals surface area contributed by atoms with E-state index in [2.05, 4.69) is 17.6 Å². The number of hydrogen-bond acceptors (Lipinski definition) is 5. The predicted octanol–water partition coefficient (Wildman–Crippen LogP) is 1.27. The molecule has 1 atom stereocenters. The van der Waals surface area contributed by atoms with Gasteiger partial charge in [-0.1, -0.05) is 0 Å². The molecule has 0 radical (unpaired) electrons. The minimum atomic E-state index is -0.498. The van der Waals surface area contributed by atoms with E-state index >= 15 is 0 Å². The molecule has 1 aromatic rings. The molecule has 0 aliphatic carbocycles. The Morgan fingerprint density at radius 2 is 2.41 bits per heavy atom. The Morgan fingerprint density at radius 1 is 1.65 bits per heavy atom. The van der Waals surface area contributed by atoms with E-state index in [1.807, 2.05) is 0 Å². The molecule has 0 bridgehead atoms. The lowest BCUT2D eigenvalue weighted by Gasteiger charge is -2.14. The fraction of sp³-hybridized carbons (Fsp3) is 0.400. The largest absolute Gasteiger partial charge is 0.296 e. The summed E-state index contributed by atoms with van der Waals surface area (Å²) in [6, 6.07) is 2.62. The SMILES string of the molecule is O=C1CC(CS)CN1c1cc([N+](=O)[O-])ccn1. The van der Waals surface area contributed by atoms with Crippen molar-refractivity contribution >= 4 is 30.0 Å². The fourth-order valence-electron chi connectivity index (χ4n) is 1.79. The van der Waals surface area contributed by atoms with Crippen molar-refractivity contribution in [3.8, 4) is 0 Å². The van der Waals surface area contributed by atoms with E-state index in [1.165, 1.54) is 23.2 Å². The van der Waals surface area contributed by atoms with Gasteiger partial charge in [-0.15, -0.1) is 0 Å². The summed E-state index contributed by atoms with van der Waals surface area (Å²) in [6.45, 7) is 0.524. The smallest absolute Gasteiger partial charge is 0.274 e. The summed E-state index contributed by atoms with van der Waals surface area (Å²) in [4.78, 5) is 27.3. The number of hydrogen-bond donors (Lipinski definition) is 1. The minimum Gasteiger partial charge on any atom is -0.296 e. The normalized spacial score (nSPS) is 19.7. The third-order valence-corrected chi connectivity index (χ3v) is 3.20. The molecular weight excluding hydrogens is 242 g/mol. The van der Waals surface area contributed by atoms with Crippen LogP contribution in [-0.4, -0.2) is 28.1 Å². The number of pyridine rings is 1. The van der Waals surface area contributed by atoms with Crippen molar-refractivity contribution < 1.29 is 9.72 Å². The van der Waals surface area contributed by atoms with E-state index in [4.69, 9.17) is 0 Å². The highest BCUT2D eigenvalue weighted by Crippen LogP contribution is 2.26. The van der Waals surface area contributed by atoms with Crippen molar-refractivity contribution in [2.24, 2.45) is 5.92 Å². The fourth-order valence-corrected chi connectivity index (χ4v) is 2.04. The zero-order valence-electron chi connectivity index (χ0n) is 8.94. The van der Waals surface area contributed by atoms with Crippen LogP contribution in [0.5, 0.6) is 0 Å². The summed E-state index contributed by atoms with van der Waals surface area (Å²) >= 11 is 4.15. The zero-order valence-corrected chi connectivity index (χ0v) is 9.84. The van der Waals surface area contributed by atoms with Crippen LogP contribution in [-0.2, 0) is 4.79 Å². The van der Waals surface area contributed by atoms with Gasteiger partial charge in [-0.25, -0.2) is 4.98 Å². The van der Waals surface area contributed by atoms with Crippen molar-refractivity contribution in [1.29, 1.82) is 0 Å². The first-order valence-electron chi connectivity index (χ1n) is 5.13. The van der Waals surface area contributed by atoms with Crippen LogP contribution in [0.3, 0.4) is 0 Å². The number of aromatic nitrogens is 1. The van der Waals surface area contributed by atoms with Gasteiger partial charge in [-0.2, -0.15) is 12.6 Å². The summed E-state index contributed by atoms with van der Waals surface area (Å²) in [5.41, 5.74) is -0.0582. The highest BCUT2D eigenvalue weighted by Gasteiger charge is 2.31. The molecule has 2 rings (SSSR count). The molecule has 1 amide bonds. The van der Waals surface area contributed by atoms with Crippen LogP contribution in [0.25, 0.3) is 0 Å². The van der Waals surface area contributed by atoms with Crippen molar-refractivity contribution in [3.05, 3.63) is 28.4 Å². The van der Waals surface area contributed by atoms with Gasteiger partial charge < -0.3 is 0 Å². The highest BCUT2D eigenvalue weighted by atomic mass is 32.1. The van der Waals surface area contributed by atoms with Crippen molar-refractivity contribution in [2.75, 3.05) is 17.2 Å². The summed E-state index contributed by atoms with van der Waals surface area (Å²) < 4.78 is 0. The molecule has 1 unspecified atom stereocenters. The molecule has 1 aliphatic heterocycles. The van der Waals surface area contributed by atoms with Crippen LogP contribution in [0, 0.1) is 16.0 Å². The second kappa shape index (κ2) is 4.70. The molecule has 0 N–H and O–H groups in total. The van der Waals surface area contributed by atoms with Gasteiger partial charge in [0.05, 0.1) is 11.0 Å². The number of nitrogens with zero attached hydrogens (tertiary/aromatic N) is 3. The van der Waals surface area contributed by atoms with Gasteiger partial charge in [-0.05, 0) is 11.7 Å². The first-order valence-corrected chi connectivity index (χ1v) is 5.76. The quantitative estimate of drug-likeness (QED) is 0.500. The molecule has 1 fully saturated rings. The van der Waals surface area contributed by atoms with Crippen molar-refractivity contribution in [1.82, 2.24) is 4.98 Å². The van der Waals surface area contributed by atoms with Crippen molar-refractivity contribution in [2.45, 2.75) is 6.42 Å². The van der Waals surface area contributed by atoms with E-state index < -0.39 is 4.92 Å². The summed E-state index contributed by atoms with van der Waals surface area (Å²) in [7, 11) is 0. The molecule has 7 heteroatoms. The predicted molar refractivity (Wildman–Crippen MR) is 65.2 cm³/mol. The van der Waals surface area contributed by atoms with Gasteiger partial charge in [-0.3, -0.25) is 19.8 Å². The molecule has 0 aromatic carbocycles. The first kappa shape index (κ1) is 11.8. The standard InChI is InChI=1S/C10H11N3O3S/c14-10-3-7(6-17)5-12(10)9-4-8(13(15)16)1-2-11-9/h1-2,4,7,17H,3,5-6H2. The third kappa shape index (κ3) is 2.38. The van der Waals surface area contributed by atoms with Crippen LogP contribution in [0.4, 0.5) is 11.5 Å². The number of carbonyl (C=O) groups is 1. The summed E-state index contributed by atoms with van der Waals surface area (Å²) in [5, 5.41) is 10.6. The van der Waals surface area contributed by atoms with E-state index in [1.54, 1.807) is 0 Å². The average molecular weight is 253 g/mol. The second-order valence-electron chi connectivity index (χ2n) is 3.89. The number of rotatable bonds is 3. The topological polar surface area (TPSA) is 76.3 Å². The molecule has 0 spiro atoms. The van der Waals surface area contributed by atoms with E-state index in [-0.39, 0.29) is 17.5 Å². The number of carbonyl (C=O) groups excluding carboxylic acids is 1. The number of anilines is 1. The number of thiol groups is 1. The average Bonchev–Trinajstić information content (AvgIpc) is 2.71. The molecule has 1 aromatic heterocycles. The number of amides is 1. The molecule has 17 heavy (non-hydrogen) atoms. The van der Waals surface area contributed by atoms with Crippen LogP contribution in [0.2, 0.25) is 0 Å². The lowest BCUT2D eigenvalue weighted by molar-refractivity contribution is -0.384. The van der Waals surface area contributed by atoms with Crippen LogP contribution >= 0.6 is 12.6 Å². The minimum absolute atomic E-state index is 0.0582. The maximum atomic E-state index is 11.7. The zero-order chi connectivity index (χ0) is 12.4. The number of nitro groups is 1. The van der Waals surface area contributed by atoms with E-state index in [9.17, 15) is 14.9 Å². The molecular formula is C10H11N3O3S.